The van der Waals surface area contributed by atoms with E-state index in [0.717, 1.165) is 12.3 Å². The van der Waals surface area contributed by atoms with Gasteiger partial charge in [-0.2, -0.15) is 0 Å². The Labute approximate surface area is 122 Å². The van der Waals surface area contributed by atoms with Crippen molar-refractivity contribution in [1.82, 2.24) is 0 Å². The molecule has 1 nitrogen and oxygen atoms in total. The van der Waals surface area contributed by atoms with Gasteiger partial charge in [0.1, 0.15) is 0 Å². The van der Waals surface area contributed by atoms with Crippen LogP contribution in [0.15, 0.2) is 0 Å². The number of aliphatic hydroxyl groups excluding tert-OH is 1. The van der Waals surface area contributed by atoms with Crippen LogP contribution in [0, 0.1) is 5.92 Å². The number of rotatable bonds is 15. The zero-order chi connectivity index (χ0) is 14.2. The molecule has 116 valence electrons. The normalized spacial score (nSPS) is 12.8. The van der Waals surface area contributed by atoms with Crippen LogP contribution in [0.2, 0.25) is 0 Å². The third-order valence-corrected chi connectivity index (χ3v) is 4.16. The Kier molecular flexibility index (Phi) is 16.0. The van der Waals surface area contributed by atoms with Crippen LogP contribution in [0.3, 0.4) is 0 Å². The minimum atomic E-state index is 0.372. The van der Waals surface area contributed by atoms with Gasteiger partial charge in [0.05, 0.1) is 0 Å². The van der Waals surface area contributed by atoms with Gasteiger partial charge in [0.15, 0.2) is 0 Å². The molecule has 1 atom stereocenters. The van der Waals surface area contributed by atoms with Gasteiger partial charge in [0.25, 0.3) is 0 Å². The quantitative estimate of drug-likeness (QED) is 0.357. The lowest BCUT2D eigenvalue weighted by Gasteiger charge is -2.10. The lowest BCUT2D eigenvalue weighted by atomic mass is 9.97. The van der Waals surface area contributed by atoms with Crippen LogP contribution in [0.4, 0.5) is 0 Å². The van der Waals surface area contributed by atoms with Gasteiger partial charge in [-0.25, -0.2) is 0 Å². The van der Waals surface area contributed by atoms with Crippen molar-refractivity contribution in [3.63, 3.8) is 0 Å². The Morgan fingerprint density at radius 3 is 1.53 bits per heavy atom. The van der Waals surface area contributed by atoms with E-state index in [1.807, 2.05) is 0 Å². The highest BCUT2D eigenvalue weighted by Gasteiger charge is 2.00. The Balaban J connectivity index is 3.02. The van der Waals surface area contributed by atoms with Crippen molar-refractivity contribution in [2.45, 2.75) is 104 Å². The van der Waals surface area contributed by atoms with Gasteiger partial charge in [-0.3, -0.25) is 0 Å². The molecule has 0 aliphatic rings. The lowest BCUT2D eigenvalue weighted by molar-refractivity contribution is 0.282. The average Bonchev–Trinajstić information content (AvgIpc) is 2.42. The molecule has 0 aromatic carbocycles. The molecule has 0 radical (unpaired) electrons. The first-order valence-electron chi connectivity index (χ1n) is 8.92. The first kappa shape index (κ1) is 19.0. The van der Waals surface area contributed by atoms with Crippen LogP contribution in [-0.4, -0.2) is 11.7 Å². The third-order valence-electron chi connectivity index (χ3n) is 4.16. The monoisotopic (exact) mass is 270 g/mol. The lowest BCUT2D eigenvalue weighted by Crippen LogP contribution is -1.94. The molecule has 0 aliphatic carbocycles. The fourth-order valence-electron chi connectivity index (χ4n) is 2.72. The first-order valence-corrected chi connectivity index (χ1v) is 8.92. The summed E-state index contributed by atoms with van der Waals surface area (Å²) >= 11 is 0. The Hall–Kier alpha value is -0.0400. The molecule has 0 amide bonds. The van der Waals surface area contributed by atoms with Crippen LogP contribution in [0.25, 0.3) is 0 Å². The van der Waals surface area contributed by atoms with E-state index >= 15 is 0 Å². The summed E-state index contributed by atoms with van der Waals surface area (Å²) in [4.78, 5) is 0. The van der Waals surface area contributed by atoms with E-state index < -0.39 is 0 Å². The molecule has 0 aromatic rings. The second-order valence-electron chi connectivity index (χ2n) is 6.30. The minimum absolute atomic E-state index is 0.372. The maximum atomic E-state index is 8.68. The molecular formula is C18H38O. The van der Waals surface area contributed by atoms with Crippen LogP contribution in [0.1, 0.15) is 104 Å². The zero-order valence-corrected chi connectivity index (χ0v) is 13.6. The van der Waals surface area contributed by atoms with Crippen molar-refractivity contribution in [1.29, 1.82) is 0 Å². The van der Waals surface area contributed by atoms with E-state index in [1.54, 1.807) is 0 Å². The maximum absolute atomic E-state index is 8.68. The van der Waals surface area contributed by atoms with Crippen molar-refractivity contribution >= 4 is 0 Å². The smallest absolute Gasteiger partial charge is 0.0431 e. The van der Waals surface area contributed by atoms with E-state index in [-0.39, 0.29) is 0 Å². The number of hydrogen-bond donors (Lipinski definition) is 1. The topological polar surface area (TPSA) is 20.2 Å². The minimum Gasteiger partial charge on any atom is -0.396 e. The van der Waals surface area contributed by atoms with Crippen molar-refractivity contribution in [3.05, 3.63) is 0 Å². The molecule has 0 heterocycles. The summed E-state index contributed by atoms with van der Waals surface area (Å²) in [6.45, 7) is 5.08. The highest BCUT2D eigenvalue weighted by molar-refractivity contribution is 4.54. The molecule has 0 rings (SSSR count). The van der Waals surface area contributed by atoms with E-state index in [1.165, 1.54) is 83.5 Å². The van der Waals surface area contributed by atoms with Crippen LogP contribution < -0.4 is 0 Å². The van der Waals surface area contributed by atoms with E-state index in [9.17, 15) is 0 Å². The summed E-state index contributed by atoms with van der Waals surface area (Å²) in [7, 11) is 0. The van der Waals surface area contributed by atoms with Gasteiger partial charge in [0, 0.05) is 6.61 Å². The summed E-state index contributed by atoms with van der Waals surface area (Å²) in [5.74, 6) is 0.950. The Morgan fingerprint density at radius 1 is 0.632 bits per heavy atom. The van der Waals surface area contributed by atoms with Crippen molar-refractivity contribution in [2.75, 3.05) is 6.61 Å². The van der Waals surface area contributed by atoms with E-state index in [0.29, 0.717) is 6.61 Å². The van der Waals surface area contributed by atoms with Gasteiger partial charge < -0.3 is 5.11 Å². The van der Waals surface area contributed by atoms with Gasteiger partial charge in [-0.1, -0.05) is 97.3 Å². The van der Waals surface area contributed by atoms with Crippen LogP contribution in [-0.2, 0) is 0 Å². The van der Waals surface area contributed by atoms with Crippen molar-refractivity contribution in [2.24, 2.45) is 5.92 Å². The van der Waals surface area contributed by atoms with E-state index in [4.69, 9.17) is 5.11 Å². The SMILES string of the molecule is CCCCC(C)CCCCCCCCCCCCO. The molecule has 19 heavy (non-hydrogen) atoms. The molecule has 1 N–H and O–H groups in total. The van der Waals surface area contributed by atoms with Gasteiger partial charge >= 0.3 is 0 Å². The van der Waals surface area contributed by atoms with Gasteiger partial charge in [0.2, 0.25) is 0 Å². The van der Waals surface area contributed by atoms with Gasteiger partial charge in [-0.05, 0) is 12.3 Å². The molecule has 0 fully saturated rings. The molecule has 0 saturated heterocycles. The summed E-state index contributed by atoms with van der Waals surface area (Å²) in [6.07, 6.45) is 19.1. The van der Waals surface area contributed by atoms with Crippen molar-refractivity contribution < 1.29 is 5.11 Å². The second kappa shape index (κ2) is 16.0. The highest BCUT2D eigenvalue weighted by Crippen LogP contribution is 2.17. The zero-order valence-electron chi connectivity index (χ0n) is 13.6. The molecule has 0 aliphatic heterocycles. The molecule has 0 spiro atoms. The Bertz CT molecular complexity index is 156. The fourth-order valence-corrected chi connectivity index (χ4v) is 2.72. The highest BCUT2D eigenvalue weighted by atomic mass is 16.2. The standard InChI is InChI=1S/C18H38O/c1-3-4-15-18(2)16-13-11-9-7-5-6-8-10-12-14-17-19/h18-19H,3-17H2,1-2H3. The van der Waals surface area contributed by atoms with E-state index in [2.05, 4.69) is 13.8 Å². The molecule has 0 bridgehead atoms. The summed E-state index contributed by atoms with van der Waals surface area (Å²) in [5, 5.41) is 8.68. The van der Waals surface area contributed by atoms with Gasteiger partial charge in [-0.15, -0.1) is 0 Å². The number of unbranched alkanes of at least 4 members (excludes halogenated alkanes) is 10. The summed E-state index contributed by atoms with van der Waals surface area (Å²) < 4.78 is 0. The average molecular weight is 271 g/mol. The summed E-state index contributed by atoms with van der Waals surface area (Å²) in [6, 6.07) is 0. The predicted octanol–water partition coefficient (Wildman–Crippen LogP) is 6.10. The van der Waals surface area contributed by atoms with Crippen molar-refractivity contribution in [3.8, 4) is 0 Å². The summed E-state index contributed by atoms with van der Waals surface area (Å²) in [5.41, 5.74) is 0. The maximum Gasteiger partial charge on any atom is 0.0431 e. The second-order valence-corrected chi connectivity index (χ2v) is 6.30. The molecule has 1 heteroatoms. The number of aliphatic hydroxyl groups is 1. The molecular weight excluding hydrogens is 232 g/mol. The molecule has 1 unspecified atom stereocenters. The fraction of sp³-hybridized carbons (Fsp3) is 1.00. The molecule has 0 aromatic heterocycles. The van der Waals surface area contributed by atoms with Crippen LogP contribution in [0.5, 0.6) is 0 Å². The third kappa shape index (κ3) is 15.9. The van der Waals surface area contributed by atoms with Crippen LogP contribution >= 0.6 is 0 Å². The molecule has 0 saturated carbocycles. The Morgan fingerprint density at radius 2 is 1.05 bits per heavy atom. The predicted molar refractivity (Wildman–Crippen MR) is 86.6 cm³/mol. The first-order chi connectivity index (χ1) is 9.31. The largest absolute Gasteiger partial charge is 0.396 e. The number of hydrogen-bond acceptors (Lipinski definition) is 1.